The highest BCUT2D eigenvalue weighted by molar-refractivity contribution is 7.89. The molecule has 0 saturated carbocycles. The minimum absolute atomic E-state index is 0.118. The Morgan fingerprint density at radius 2 is 1.69 bits per heavy atom. The van der Waals surface area contributed by atoms with Crippen LogP contribution < -0.4 is 5.32 Å². The summed E-state index contributed by atoms with van der Waals surface area (Å²) in [6.07, 6.45) is 0. The molecule has 6 nitrogen and oxygen atoms in total. The number of carbonyl (C=O) groups excluding carboxylic acids is 1. The van der Waals surface area contributed by atoms with Crippen molar-refractivity contribution in [2.45, 2.75) is 24.8 Å². The Hall–Kier alpha value is -2.29. The minimum Gasteiger partial charge on any atom is -0.346 e. The number of likely N-dealkylation sites (N-methyl/N-ethyl adjacent to an activating group) is 1. The van der Waals surface area contributed by atoms with Gasteiger partial charge in [-0.1, -0.05) is 18.2 Å². The van der Waals surface area contributed by atoms with Gasteiger partial charge in [0.15, 0.2) is 0 Å². The van der Waals surface area contributed by atoms with Crippen molar-refractivity contribution in [2.24, 2.45) is 0 Å². The first-order valence-electron chi connectivity index (χ1n) is 9.54. The van der Waals surface area contributed by atoms with E-state index >= 15 is 0 Å². The van der Waals surface area contributed by atoms with Gasteiger partial charge in [0.25, 0.3) is 5.91 Å². The van der Waals surface area contributed by atoms with Crippen LogP contribution >= 0.6 is 0 Å². The average Bonchev–Trinajstić information content (AvgIpc) is 2.68. The molecule has 156 valence electrons. The first-order chi connectivity index (χ1) is 13.7. The quantitative estimate of drug-likeness (QED) is 0.809. The number of nitrogens with zero attached hydrogens (tertiary/aromatic N) is 2. The molecule has 1 aliphatic rings. The van der Waals surface area contributed by atoms with E-state index in [1.54, 1.807) is 38.1 Å². The van der Waals surface area contributed by atoms with Crippen LogP contribution in [0.5, 0.6) is 0 Å². The Morgan fingerprint density at radius 3 is 2.31 bits per heavy atom. The second-order valence-corrected chi connectivity index (χ2v) is 9.37. The summed E-state index contributed by atoms with van der Waals surface area (Å²) in [5.41, 5.74) is 1.76. The lowest BCUT2D eigenvalue weighted by molar-refractivity contribution is 0.0939. The maximum atomic E-state index is 13.1. The van der Waals surface area contributed by atoms with Crippen LogP contribution in [0.4, 0.5) is 4.39 Å². The maximum Gasteiger partial charge on any atom is 0.252 e. The Bertz CT molecular complexity index is 985. The molecule has 0 aromatic heterocycles. The summed E-state index contributed by atoms with van der Waals surface area (Å²) in [5, 5.41) is 2.86. The van der Waals surface area contributed by atoms with E-state index in [2.05, 4.69) is 10.2 Å². The standard InChI is InChI=1S/C21H26FN3O3S/c1-15-4-9-19(29(27,28)25-12-10-24(3)11-13-25)14-20(15)21(26)23-16(2)17-5-7-18(22)8-6-17/h4-9,14,16H,10-13H2,1-3H3,(H,23,26)/t16-/m1/s1. The molecule has 1 amide bonds. The third-order valence-electron chi connectivity index (χ3n) is 5.27. The van der Waals surface area contributed by atoms with Gasteiger partial charge in [-0.25, -0.2) is 12.8 Å². The van der Waals surface area contributed by atoms with Crippen LogP contribution in [-0.2, 0) is 10.0 Å². The van der Waals surface area contributed by atoms with Gasteiger partial charge < -0.3 is 10.2 Å². The van der Waals surface area contributed by atoms with Crippen LogP contribution in [0.2, 0.25) is 0 Å². The highest BCUT2D eigenvalue weighted by atomic mass is 32.2. The number of nitrogens with one attached hydrogen (secondary N) is 1. The number of hydrogen-bond donors (Lipinski definition) is 1. The third-order valence-corrected chi connectivity index (χ3v) is 7.17. The molecule has 0 unspecified atom stereocenters. The molecular formula is C21H26FN3O3S. The molecule has 1 atom stereocenters. The Morgan fingerprint density at radius 1 is 1.07 bits per heavy atom. The first kappa shape index (κ1) is 21.4. The van der Waals surface area contributed by atoms with Gasteiger partial charge in [-0.05, 0) is 56.3 Å². The number of aryl methyl sites for hydroxylation is 1. The number of amides is 1. The van der Waals surface area contributed by atoms with E-state index in [4.69, 9.17) is 0 Å². The lowest BCUT2D eigenvalue weighted by Crippen LogP contribution is -2.47. The largest absolute Gasteiger partial charge is 0.346 e. The Labute approximate surface area is 171 Å². The molecule has 2 aromatic rings. The van der Waals surface area contributed by atoms with Crippen LogP contribution in [0.15, 0.2) is 47.4 Å². The summed E-state index contributed by atoms with van der Waals surface area (Å²) in [7, 11) is -1.70. The molecule has 2 aromatic carbocycles. The zero-order valence-electron chi connectivity index (χ0n) is 16.9. The third kappa shape index (κ3) is 4.83. The van der Waals surface area contributed by atoms with Gasteiger partial charge in [0.05, 0.1) is 10.9 Å². The van der Waals surface area contributed by atoms with Gasteiger partial charge in [0, 0.05) is 31.7 Å². The van der Waals surface area contributed by atoms with Crippen molar-refractivity contribution in [3.8, 4) is 0 Å². The molecule has 29 heavy (non-hydrogen) atoms. The van der Waals surface area contributed by atoms with Crippen molar-refractivity contribution < 1.29 is 17.6 Å². The fourth-order valence-electron chi connectivity index (χ4n) is 3.29. The van der Waals surface area contributed by atoms with Gasteiger partial charge in [0.2, 0.25) is 10.0 Å². The Kier molecular flexibility index (Phi) is 6.36. The average molecular weight is 420 g/mol. The molecule has 0 spiro atoms. The number of carbonyl (C=O) groups is 1. The van der Waals surface area contributed by atoms with Crippen LogP contribution in [0, 0.1) is 12.7 Å². The number of sulfonamides is 1. The van der Waals surface area contributed by atoms with Crippen molar-refractivity contribution in [1.82, 2.24) is 14.5 Å². The van der Waals surface area contributed by atoms with Gasteiger partial charge in [-0.2, -0.15) is 4.31 Å². The fraction of sp³-hybridized carbons (Fsp3) is 0.381. The van der Waals surface area contributed by atoms with Crippen LogP contribution in [0.3, 0.4) is 0 Å². The van der Waals surface area contributed by atoms with Gasteiger partial charge in [0.1, 0.15) is 5.82 Å². The predicted octanol–water partition coefficient (Wildman–Crippen LogP) is 2.56. The highest BCUT2D eigenvalue weighted by Crippen LogP contribution is 2.22. The summed E-state index contributed by atoms with van der Waals surface area (Å²) in [5.74, 6) is -0.709. The second-order valence-electron chi connectivity index (χ2n) is 7.43. The SMILES string of the molecule is Cc1ccc(S(=O)(=O)N2CCN(C)CC2)cc1C(=O)N[C@H](C)c1ccc(F)cc1. The fourth-order valence-corrected chi connectivity index (χ4v) is 4.74. The molecule has 3 rings (SSSR count). The topological polar surface area (TPSA) is 69.7 Å². The molecule has 0 aliphatic carbocycles. The minimum atomic E-state index is -3.66. The number of hydrogen-bond acceptors (Lipinski definition) is 4. The number of benzene rings is 2. The van der Waals surface area contributed by atoms with E-state index in [-0.39, 0.29) is 22.7 Å². The lowest BCUT2D eigenvalue weighted by atomic mass is 10.1. The molecule has 0 bridgehead atoms. The second kappa shape index (κ2) is 8.61. The van der Waals surface area contributed by atoms with E-state index < -0.39 is 10.0 Å². The van der Waals surface area contributed by atoms with E-state index in [9.17, 15) is 17.6 Å². The van der Waals surface area contributed by atoms with E-state index in [1.165, 1.54) is 22.5 Å². The van der Waals surface area contributed by atoms with Gasteiger partial charge in [-0.3, -0.25) is 4.79 Å². The van der Waals surface area contributed by atoms with E-state index in [1.807, 2.05) is 7.05 Å². The summed E-state index contributed by atoms with van der Waals surface area (Å²) in [4.78, 5) is 15.0. The van der Waals surface area contributed by atoms with E-state index in [0.717, 1.165) is 5.56 Å². The zero-order chi connectivity index (χ0) is 21.2. The molecule has 8 heteroatoms. The molecule has 0 radical (unpaired) electrons. The smallest absolute Gasteiger partial charge is 0.252 e. The van der Waals surface area contributed by atoms with Crippen molar-refractivity contribution in [3.05, 3.63) is 65.0 Å². The monoisotopic (exact) mass is 419 g/mol. The summed E-state index contributed by atoms with van der Waals surface area (Å²) in [6.45, 7) is 5.77. The number of halogens is 1. The van der Waals surface area contributed by atoms with Crippen LogP contribution in [0.25, 0.3) is 0 Å². The van der Waals surface area contributed by atoms with Crippen molar-refractivity contribution >= 4 is 15.9 Å². The zero-order valence-corrected chi connectivity index (χ0v) is 17.7. The lowest BCUT2D eigenvalue weighted by Gasteiger charge is -2.31. The van der Waals surface area contributed by atoms with E-state index in [0.29, 0.717) is 37.3 Å². The predicted molar refractivity (Wildman–Crippen MR) is 110 cm³/mol. The summed E-state index contributed by atoms with van der Waals surface area (Å²) in [6, 6.07) is 10.2. The normalized spacial score (nSPS) is 17.1. The maximum absolute atomic E-state index is 13.1. The van der Waals surface area contributed by atoms with Gasteiger partial charge >= 0.3 is 0 Å². The molecule has 1 N–H and O–H groups in total. The van der Waals surface area contributed by atoms with Crippen molar-refractivity contribution in [3.63, 3.8) is 0 Å². The van der Waals surface area contributed by atoms with Crippen molar-refractivity contribution in [2.75, 3.05) is 33.2 Å². The highest BCUT2D eigenvalue weighted by Gasteiger charge is 2.28. The molecule has 1 aliphatic heterocycles. The molecule has 1 heterocycles. The molecular weight excluding hydrogens is 393 g/mol. The van der Waals surface area contributed by atoms with Gasteiger partial charge in [-0.15, -0.1) is 0 Å². The Balaban J connectivity index is 1.81. The van der Waals surface area contributed by atoms with Crippen LogP contribution in [0.1, 0.15) is 34.5 Å². The number of piperazine rings is 1. The van der Waals surface area contributed by atoms with Crippen molar-refractivity contribution in [1.29, 1.82) is 0 Å². The summed E-state index contributed by atoms with van der Waals surface area (Å²) < 4.78 is 40.6. The molecule has 1 fully saturated rings. The summed E-state index contributed by atoms with van der Waals surface area (Å²) >= 11 is 0. The first-order valence-corrected chi connectivity index (χ1v) is 11.0. The molecule has 1 saturated heterocycles. The number of rotatable bonds is 5. The van der Waals surface area contributed by atoms with Crippen LogP contribution in [-0.4, -0.2) is 56.8 Å².